The van der Waals surface area contributed by atoms with Crippen molar-refractivity contribution in [3.8, 4) is 0 Å². The smallest absolute Gasteiger partial charge is 0.0469 e. The summed E-state index contributed by atoms with van der Waals surface area (Å²) in [4.78, 5) is 0. The van der Waals surface area contributed by atoms with Gasteiger partial charge in [-0.05, 0) is 62.1 Å². The molecular weight excluding hydrogens is 270 g/mol. The molecule has 0 radical (unpaired) electrons. The maximum atomic E-state index is 6.06. The van der Waals surface area contributed by atoms with E-state index in [-0.39, 0.29) is 0 Å². The third-order valence-electron chi connectivity index (χ3n) is 4.93. The van der Waals surface area contributed by atoms with Crippen LogP contribution in [0.3, 0.4) is 0 Å². The third kappa shape index (κ3) is 3.36. The summed E-state index contributed by atoms with van der Waals surface area (Å²) < 4.78 is 5.44. The second-order valence-corrected chi connectivity index (χ2v) is 6.76. The predicted octanol–water partition coefficient (Wildman–Crippen LogP) is 3.99. The topological polar surface area (TPSA) is 21.3 Å². The van der Waals surface area contributed by atoms with Gasteiger partial charge in [-0.25, -0.2) is 0 Å². The average molecular weight is 294 g/mol. The monoisotopic (exact) mass is 293 g/mol. The molecule has 1 aliphatic heterocycles. The van der Waals surface area contributed by atoms with Gasteiger partial charge in [0.25, 0.3) is 0 Å². The Labute approximate surface area is 126 Å². The van der Waals surface area contributed by atoms with Crippen molar-refractivity contribution in [2.75, 3.05) is 13.2 Å². The first-order chi connectivity index (χ1) is 9.72. The van der Waals surface area contributed by atoms with Gasteiger partial charge in [-0.1, -0.05) is 23.7 Å². The van der Waals surface area contributed by atoms with E-state index in [9.17, 15) is 0 Å². The van der Waals surface area contributed by atoms with E-state index in [0.29, 0.717) is 18.0 Å². The van der Waals surface area contributed by atoms with Crippen LogP contribution >= 0.6 is 11.6 Å². The molecule has 1 heterocycles. The van der Waals surface area contributed by atoms with Crippen molar-refractivity contribution < 1.29 is 4.74 Å². The molecule has 3 heteroatoms. The molecule has 2 nitrogen and oxygen atoms in total. The first-order valence-electron chi connectivity index (χ1n) is 7.81. The molecule has 1 aromatic rings. The second kappa shape index (κ2) is 6.46. The maximum absolute atomic E-state index is 6.06. The first kappa shape index (κ1) is 14.4. The lowest BCUT2D eigenvalue weighted by molar-refractivity contribution is 0.0519. The van der Waals surface area contributed by atoms with Crippen LogP contribution in [0.5, 0.6) is 0 Å². The number of ether oxygens (including phenoxy) is 1. The Bertz CT molecular complexity index is 438. The Morgan fingerprint density at radius 3 is 2.70 bits per heavy atom. The molecule has 2 fully saturated rings. The molecule has 0 spiro atoms. The first-order valence-corrected chi connectivity index (χ1v) is 8.19. The van der Waals surface area contributed by atoms with Crippen molar-refractivity contribution in [1.82, 2.24) is 5.32 Å². The molecule has 0 bridgehead atoms. The summed E-state index contributed by atoms with van der Waals surface area (Å²) >= 11 is 6.06. The molecule has 1 atom stereocenters. The molecule has 110 valence electrons. The summed E-state index contributed by atoms with van der Waals surface area (Å²) in [6, 6.07) is 9.62. The minimum Gasteiger partial charge on any atom is -0.381 e. The summed E-state index contributed by atoms with van der Waals surface area (Å²) in [6.07, 6.45) is 4.90. The van der Waals surface area contributed by atoms with E-state index in [2.05, 4.69) is 30.4 Å². The maximum Gasteiger partial charge on any atom is 0.0469 e. The van der Waals surface area contributed by atoms with Crippen LogP contribution in [0.4, 0.5) is 0 Å². The highest BCUT2D eigenvalue weighted by Gasteiger charge is 2.32. The van der Waals surface area contributed by atoms with Gasteiger partial charge in [-0.3, -0.25) is 0 Å². The van der Waals surface area contributed by atoms with Crippen molar-refractivity contribution in [2.45, 2.75) is 50.6 Å². The van der Waals surface area contributed by atoms with Crippen LogP contribution in [-0.2, 0) is 4.74 Å². The zero-order valence-electron chi connectivity index (χ0n) is 12.1. The van der Waals surface area contributed by atoms with Crippen LogP contribution in [0.25, 0.3) is 0 Å². The molecule has 20 heavy (non-hydrogen) atoms. The van der Waals surface area contributed by atoms with E-state index in [4.69, 9.17) is 16.3 Å². The van der Waals surface area contributed by atoms with E-state index in [1.807, 2.05) is 6.07 Å². The molecule has 1 N–H and O–H groups in total. The van der Waals surface area contributed by atoms with E-state index in [0.717, 1.165) is 24.2 Å². The molecule has 1 saturated carbocycles. The fourth-order valence-electron chi connectivity index (χ4n) is 3.51. The van der Waals surface area contributed by atoms with Gasteiger partial charge < -0.3 is 10.1 Å². The minimum absolute atomic E-state index is 0.615. The van der Waals surface area contributed by atoms with Gasteiger partial charge in [0.15, 0.2) is 0 Å². The molecule has 2 aliphatic rings. The Morgan fingerprint density at radius 1 is 1.25 bits per heavy atom. The van der Waals surface area contributed by atoms with Crippen LogP contribution in [0.1, 0.15) is 44.1 Å². The van der Waals surface area contributed by atoms with Crippen LogP contribution in [0.15, 0.2) is 24.3 Å². The molecule has 1 aromatic carbocycles. The van der Waals surface area contributed by atoms with Gasteiger partial charge in [0.2, 0.25) is 0 Å². The quantitative estimate of drug-likeness (QED) is 0.906. The van der Waals surface area contributed by atoms with Gasteiger partial charge in [0.05, 0.1) is 0 Å². The summed E-state index contributed by atoms with van der Waals surface area (Å²) in [5.41, 5.74) is 1.40. The van der Waals surface area contributed by atoms with Crippen molar-refractivity contribution in [2.24, 2.45) is 5.92 Å². The molecule has 1 aliphatic carbocycles. The van der Waals surface area contributed by atoms with Gasteiger partial charge in [-0.15, -0.1) is 0 Å². The Kier molecular flexibility index (Phi) is 4.65. The third-order valence-corrected chi connectivity index (χ3v) is 5.16. The molecule has 0 aromatic heterocycles. The Hall–Kier alpha value is -0.570. The van der Waals surface area contributed by atoms with Crippen LogP contribution in [-0.4, -0.2) is 25.3 Å². The van der Waals surface area contributed by atoms with Crippen LogP contribution < -0.4 is 5.32 Å². The summed E-state index contributed by atoms with van der Waals surface area (Å²) in [6.45, 7) is 4.21. The predicted molar refractivity (Wildman–Crippen MR) is 83.4 cm³/mol. The minimum atomic E-state index is 0.615. The summed E-state index contributed by atoms with van der Waals surface area (Å²) in [7, 11) is 0. The van der Waals surface area contributed by atoms with Gasteiger partial charge in [0, 0.05) is 30.3 Å². The number of hydrogen-bond acceptors (Lipinski definition) is 2. The van der Waals surface area contributed by atoms with E-state index < -0.39 is 0 Å². The molecular formula is C17H24ClNO. The van der Waals surface area contributed by atoms with Crippen molar-refractivity contribution in [3.05, 3.63) is 34.9 Å². The summed E-state index contributed by atoms with van der Waals surface area (Å²) in [5.74, 6) is 1.47. The fourth-order valence-corrected chi connectivity index (χ4v) is 3.71. The highest BCUT2D eigenvalue weighted by molar-refractivity contribution is 6.30. The average Bonchev–Trinajstić information content (AvgIpc) is 2.43. The highest BCUT2D eigenvalue weighted by atomic mass is 35.5. The van der Waals surface area contributed by atoms with E-state index in [1.54, 1.807) is 0 Å². The number of rotatable bonds is 4. The number of hydrogen-bond donors (Lipinski definition) is 1. The van der Waals surface area contributed by atoms with Crippen LogP contribution in [0.2, 0.25) is 5.02 Å². The molecule has 1 saturated heterocycles. The lowest BCUT2D eigenvalue weighted by Crippen LogP contribution is -2.48. The number of nitrogens with one attached hydrogen (secondary N) is 1. The van der Waals surface area contributed by atoms with Crippen molar-refractivity contribution in [3.63, 3.8) is 0 Å². The molecule has 0 amide bonds. The van der Waals surface area contributed by atoms with E-state index in [1.165, 1.54) is 31.2 Å². The zero-order chi connectivity index (χ0) is 13.9. The molecule has 3 rings (SSSR count). The molecule has 1 unspecified atom stereocenters. The lowest BCUT2D eigenvalue weighted by atomic mass is 9.75. The fraction of sp³-hybridized carbons (Fsp3) is 0.647. The van der Waals surface area contributed by atoms with Gasteiger partial charge in [0.1, 0.15) is 0 Å². The Morgan fingerprint density at radius 2 is 2.00 bits per heavy atom. The van der Waals surface area contributed by atoms with E-state index >= 15 is 0 Å². The zero-order valence-corrected chi connectivity index (χ0v) is 12.9. The normalized spacial score (nSPS) is 28.9. The lowest BCUT2D eigenvalue weighted by Gasteiger charge is -2.40. The van der Waals surface area contributed by atoms with Gasteiger partial charge in [-0.2, -0.15) is 0 Å². The SMILES string of the molecule is CC(NC1CC(c2cccc(Cl)c2)C1)C1CCOCC1. The number of halogens is 1. The second-order valence-electron chi connectivity index (χ2n) is 6.33. The number of benzene rings is 1. The standard InChI is InChI=1S/C17H24ClNO/c1-12(13-5-7-20-8-6-13)19-17-10-15(11-17)14-3-2-4-16(18)9-14/h2-4,9,12-13,15,17,19H,5-8,10-11H2,1H3. The van der Waals surface area contributed by atoms with Crippen molar-refractivity contribution >= 4 is 11.6 Å². The van der Waals surface area contributed by atoms with Gasteiger partial charge >= 0.3 is 0 Å². The highest BCUT2D eigenvalue weighted by Crippen LogP contribution is 2.38. The van der Waals surface area contributed by atoms with Crippen molar-refractivity contribution in [1.29, 1.82) is 0 Å². The Balaban J connectivity index is 1.46. The summed E-state index contributed by atoms with van der Waals surface area (Å²) in [5, 5.41) is 4.67. The largest absolute Gasteiger partial charge is 0.381 e. The van der Waals surface area contributed by atoms with Crippen LogP contribution in [0, 0.1) is 5.92 Å².